The molecule has 0 aromatic heterocycles. The van der Waals surface area contributed by atoms with Gasteiger partial charge in [0, 0.05) is 6.61 Å². The Hall–Kier alpha value is -1.18. The highest BCUT2D eigenvalue weighted by atomic mass is 16.6. The molecule has 0 aromatic rings. The topological polar surface area (TPSA) is 91.3 Å². The Labute approximate surface area is 151 Å². The Morgan fingerprint density at radius 3 is 1.80 bits per heavy atom. The fourth-order valence-electron chi connectivity index (χ4n) is 2.02. The minimum Gasteiger partial charge on any atom is -0.481 e. The molecule has 0 atom stereocenters. The van der Waals surface area contributed by atoms with E-state index in [9.17, 15) is 9.59 Å². The maximum absolute atomic E-state index is 11.1. The third kappa shape index (κ3) is 20.8. The van der Waals surface area contributed by atoms with Crippen LogP contribution in [-0.2, 0) is 28.5 Å². The first kappa shape index (κ1) is 23.8. The maximum Gasteiger partial charge on any atom is 0.306 e. The van der Waals surface area contributed by atoms with E-state index in [4.69, 9.17) is 24.1 Å². The molecule has 0 aromatic carbocycles. The summed E-state index contributed by atoms with van der Waals surface area (Å²) in [6.07, 6.45) is 7.22. The van der Waals surface area contributed by atoms with E-state index in [2.05, 4.69) is 6.92 Å². The molecule has 1 N–H and O–H groups in total. The van der Waals surface area contributed by atoms with Crippen LogP contribution in [0.25, 0.3) is 0 Å². The average Bonchev–Trinajstić information content (AvgIpc) is 2.59. The normalized spacial score (nSPS) is 10.8. The van der Waals surface area contributed by atoms with Crippen LogP contribution < -0.4 is 0 Å². The van der Waals surface area contributed by atoms with Crippen LogP contribution in [0.2, 0.25) is 0 Å². The molecule has 0 amide bonds. The van der Waals surface area contributed by atoms with E-state index in [1.165, 1.54) is 32.1 Å². The number of carboxylic acids is 1. The second kappa shape index (κ2) is 19.1. The molecule has 0 heterocycles. The number of rotatable bonds is 19. The van der Waals surface area contributed by atoms with Crippen molar-refractivity contribution in [1.29, 1.82) is 0 Å². The van der Waals surface area contributed by atoms with Crippen molar-refractivity contribution in [3.63, 3.8) is 0 Å². The van der Waals surface area contributed by atoms with Gasteiger partial charge in [0.1, 0.15) is 6.61 Å². The SMILES string of the molecule is CCCCCCCCOCCOCCOCCOC(=O)CCC(=O)O. The van der Waals surface area contributed by atoms with Crippen LogP contribution in [0.5, 0.6) is 0 Å². The highest BCUT2D eigenvalue weighted by molar-refractivity contribution is 5.76. The Balaban J connectivity index is 3.09. The number of carbonyl (C=O) groups is 2. The lowest BCUT2D eigenvalue weighted by molar-refractivity contribution is -0.149. The van der Waals surface area contributed by atoms with E-state index in [1.54, 1.807) is 0 Å². The van der Waals surface area contributed by atoms with E-state index in [1.807, 2.05) is 0 Å². The Morgan fingerprint density at radius 1 is 0.680 bits per heavy atom. The van der Waals surface area contributed by atoms with Crippen molar-refractivity contribution in [3.8, 4) is 0 Å². The molecule has 25 heavy (non-hydrogen) atoms. The molecular weight excluding hydrogens is 328 g/mol. The molecule has 0 saturated heterocycles. The summed E-state index contributed by atoms with van der Waals surface area (Å²) in [6, 6.07) is 0. The third-order valence-corrected chi connectivity index (χ3v) is 3.42. The zero-order chi connectivity index (χ0) is 18.6. The monoisotopic (exact) mass is 362 g/mol. The van der Waals surface area contributed by atoms with Gasteiger partial charge in [-0.1, -0.05) is 39.0 Å². The quantitative estimate of drug-likeness (QED) is 0.279. The van der Waals surface area contributed by atoms with Crippen LogP contribution in [0.1, 0.15) is 58.3 Å². The molecule has 0 aliphatic heterocycles. The minimum atomic E-state index is -1.01. The molecule has 7 heteroatoms. The van der Waals surface area contributed by atoms with Gasteiger partial charge in [-0.2, -0.15) is 0 Å². The molecule has 0 fully saturated rings. The summed E-state index contributed by atoms with van der Waals surface area (Å²) in [6.45, 7) is 5.43. The third-order valence-electron chi connectivity index (χ3n) is 3.42. The van der Waals surface area contributed by atoms with E-state index in [-0.39, 0.29) is 26.1 Å². The van der Waals surface area contributed by atoms with Gasteiger partial charge in [-0.15, -0.1) is 0 Å². The average molecular weight is 362 g/mol. The molecule has 7 nitrogen and oxygen atoms in total. The first-order valence-corrected chi connectivity index (χ1v) is 9.27. The molecular formula is C18H34O7. The fourth-order valence-corrected chi connectivity index (χ4v) is 2.02. The molecule has 0 aliphatic rings. The predicted molar refractivity (Wildman–Crippen MR) is 93.7 cm³/mol. The molecule has 0 saturated carbocycles. The van der Waals surface area contributed by atoms with E-state index in [0.29, 0.717) is 26.4 Å². The number of hydrogen-bond donors (Lipinski definition) is 1. The summed E-state index contributed by atoms with van der Waals surface area (Å²) >= 11 is 0. The molecule has 148 valence electrons. The van der Waals surface area contributed by atoms with Crippen molar-refractivity contribution >= 4 is 11.9 Å². The largest absolute Gasteiger partial charge is 0.481 e. The number of hydrogen-bond acceptors (Lipinski definition) is 6. The zero-order valence-electron chi connectivity index (χ0n) is 15.5. The number of ether oxygens (including phenoxy) is 4. The summed E-state index contributed by atoms with van der Waals surface area (Å²) in [5.41, 5.74) is 0. The molecule has 0 spiro atoms. The van der Waals surface area contributed by atoms with Gasteiger partial charge in [-0.3, -0.25) is 9.59 Å². The van der Waals surface area contributed by atoms with Crippen LogP contribution in [0.15, 0.2) is 0 Å². The second-order valence-corrected chi connectivity index (χ2v) is 5.72. The maximum atomic E-state index is 11.1. The Morgan fingerprint density at radius 2 is 1.20 bits per heavy atom. The van der Waals surface area contributed by atoms with Crippen LogP contribution in [-0.4, -0.2) is 63.3 Å². The van der Waals surface area contributed by atoms with Crippen LogP contribution in [0, 0.1) is 0 Å². The number of aliphatic carboxylic acids is 1. The van der Waals surface area contributed by atoms with Crippen molar-refractivity contribution in [3.05, 3.63) is 0 Å². The van der Waals surface area contributed by atoms with E-state index in [0.717, 1.165) is 13.0 Å². The number of carbonyl (C=O) groups excluding carboxylic acids is 1. The first-order chi connectivity index (χ1) is 12.2. The van der Waals surface area contributed by atoms with Crippen molar-refractivity contribution < 1.29 is 33.6 Å². The lowest BCUT2D eigenvalue weighted by atomic mass is 10.1. The lowest BCUT2D eigenvalue weighted by Gasteiger charge is -2.07. The highest BCUT2D eigenvalue weighted by Crippen LogP contribution is 2.04. The summed E-state index contributed by atoms with van der Waals surface area (Å²) in [7, 11) is 0. The van der Waals surface area contributed by atoms with Gasteiger partial charge in [0.2, 0.25) is 0 Å². The Kier molecular flexibility index (Phi) is 18.2. The van der Waals surface area contributed by atoms with Gasteiger partial charge in [0.15, 0.2) is 0 Å². The van der Waals surface area contributed by atoms with Gasteiger partial charge in [-0.25, -0.2) is 0 Å². The van der Waals surface area contributed by atoms with Gasteiger partial charge in [0.05, 0.1) is 45.9 Å². The van der Waals surface area contributed by atoms with E-state index >= 15 is 0 Å². The Bertz CT molecular complexity index is 321. The number of unbranched alkanes of at least 4 members (excludes halogenated alkanes) is 5. The van der Waals surface area contributed by atoms with Crippen LogP contribution in [0.3, 0.4) is 0 Å². The van der Waals surface area contributed by atoms with Gasteiger partial charge >= 0.3 is 11.9 Å². The first-order valence-electron chi connectivity index (χ1n) is 9.27. The predicted octanol–water partition coefficient (Wildman–Crippen LogP) is 2.80. The molecule has 0 bridgehead atoms. The summed E-state index contributed by atoms with van der Waals surface area (Å²) in [4.78, 5) is 21.4. The standard InChI is InChI=1S/C18H34O7/c1-2-3-4-5-6-7-10-22-11-12-23-13-14-24-15-16-25-18(21)9-8-17(19)20/h2-16H2,1H3,(H,19,20). The van der Waals surface area contributed by atoms with Gasteiger partial charge in [0.25, 0.3) is 0 Å². The van der Waals surface area contributed by atoms with Crippen molar-refractivity contribution in [2.24, 2.45) is 0 Å². The molecule has 0 aliphatic carbocycles. The van der Waals surface area contributed by atoms with Crippen LogP contribution in [0.4, 0.5) is 0 Å². The summed E-state index contributed by atoms with van der Waals surface area (Å²) in [5.74, 6) is -1.54. The smallest absolute Gasteiger partial charge is 0.306 e. The lowest BCUT2D eigenvalue weighted by Crippen LogP contribution is -2.14. The van der Waals surface area contributed by atoms with Gasteiger partial charge in [-0.05, 0) is 6.42 Å². The van der Waals surface area contributed by atoms with Crippen molar-refractivity contribution in [2.75, 3.05) is 46.2 Å². The van der Waals surface area contributed by atoms with Crippen molar-refractivity contribution in [1.82, 2.24) is 0 Å². The minimum absolute atomic E-state index is 0.114. The fraction of sp³-hybridized carbons (Fsp3) is 0.889. The second-order valence-electron chi connectivity index (χ2n) is 5.72. The van der Waals surface area contributed by atoms with E-state index < -0.39 is 11.9 Å². The van der Waals surface area contributed by atoms with Crippen molar-refractivity contribution in [2.45, 2.75) is 58.3 Å². The summed E-state index contributed by atoms with van der Waals surface area (Å²) < 4.78 is 20.9. The number of esters is 1. The number of carboxylic acid groups (broad SMARTS) is 1. The molecule has 0 rings (SSSR count). The summed E-state index contributed by atoms with van der Waals surface area (Å²) in [5, 5.41) is 8.42. The van der Waals surface area contributed by atoms with Crippen LogP contribution >= 0.6 is 0 Å². The molecule has 0 unspecified atom stereocenters. The highest BCUT2D eigenvalue weighted by Gasteiger charge is 2.05. The zero-order valence-corrected chi connectivity index (χ0v) is 15.5. The molecule has 0 radical (unpaired) electrons. The van der Waals surface area contributed by atoms with Gasteiger partial charge < -0.3 is 24.1 Å².